The quantitative estimate of drug-likeness (QED) is 0.524. The Balaban J connectivity index is 0.000000360. The molecule has 1 rings (SSSR count). The van der Waals surface area contributed by atoms with Crippen molar-refractivity contribution in [3.63, 3.8) is 0 Å². The summed E-state index contributed by atoms with van der Waals surface area (Å²) in [5.41, 5.74) is 0. The fourth-order valence-corrected chi connectivity index (χ4v) is 0.205. The molecule has 0 saturated carbocycles. The summed E-state index contributed by atoms with van der Waals surface area (Å²) in [6.45, 7) is 0. The van der Waals surface area contributed by atoms with Gasteiger partial charge in [0.15, 0.2) is 0 Å². The van der Waals surface area contributed by atoms with E-state index in [-0.39, 0.29) is 19.5 Å². The molecule has 0 saturated heterocycles. The molecule has 4 heteroatoms. The summed E-state index contributed by atoms with van der Waals surface area (Å²) in [6.07, 6.45) is 4.31. The van der Waals surface area contributed by atoms with Gasteiger partial charge >= 0.3 is 0 Å². The standard InChI is InChI=1S/C3H3N3.Ru/c1-4-2-6-3-5-1;/h1-3H;. The van der Waals surface area contributed by atoms with Gasteiger partial charge in [-0.25, -0.2) is 15.0 Å². The zero-order valence-electron chi connectivity index (χ0n) is 3.43. The maximum absolute atomic E-state index is 3.56. The van der Waals surface area contributed by atoms with Crippen molar-refractivity contribution in [2.24, 2.45) is 0 Å². The Morgan fingerprint density at radius 1 is 0.714 bits per heavy atom. The first-order valence-corrected chi connectivity index (χ1v) is 1.55. The Hall–Kier alpha value is -0.367. The van der Waals surface area contributed by atoms with E-state index in [0.29, 0.717) is 0 Å². The molecule has 0 unspecified atom stereocenters. The first-order chi connectivity index (χ1) is 3.00. The molecule has 0 aliphatic heterocycles. The Morgan fingerprint density at radius 3 is 1.14 bits per heavy atom. The first-order valence-electron chi connectivity index (χ1n) is 1.55. The summed E-state index contributed by atoms with van der Waals surface area (Å²) in [5.74, 6) is 0. The molecule has 0 fully saturated rings. The molecule has 0 amide bonds. The first kappa shape index (κ1) is 6.63. The molecule has 3 nitrogen and oxygen atoms in total. The third-order valence-corrected chi connectivity index (χ3v) is 0.400. The second-order valence-corrected chi connectivity index (χ2v) is 0.794. The van der Waals surface area contributed by atoms with E-state index in [0.717, 1.165) is 0 Å². The third-order valence-electron chi connectivity index (χ3n) is 0.400. The van der Waals surface area contributed by atoms with Gasteiger partial charge < -0.3 is 0 Å². The molecule has 7 heavy (non-hydrogen) atoms. The monoisotopic (exact) mass is 183 g/mol. The van der Waals surface area contributed by atoms with Crippen LogP contribution in [0, 0.1) is 0 Å². The number of nitrogens with zero attached hydrogens (tertiary/aromatic N) is 3. The SMILES string of the molecule is [Ru].c1ncncn1. The second kappa shape index (κ2) is 3.81. The molecule has 0 aliphatic carbocycles. The number of rotatable bonds is 0. The second-order valence-electron chi connectivity index (χ2n) is 0.794. The van der Waals surface area contributed by atoms with Gasteiger partial charge in [-0.15, -0.1) is 0 Å². The largest absolute Gasteiger partial charge is 0.225 e. The van der Waals surface area contributed by atoms with E-state index in [9.17, 15) is 0 Å². The minimum absolute atomic E-state index is 0. The topological polar surface area (TPSA) is 38.7 Å². The molecular weight excluding hydrogens is 179 g/mol. The summed E-state index contributed by atoms with van der Waals surface area (Å²) in [4.78, 5) is 10.7. The summed E-state index contributed by atoms with van der Waals surface area (Å²) in [6, 6.07) is 0. The predicted octanol–water partition coefficient (Wildman–Crippen LogP) is -0.131. The maximum atomic E-state index is 3.56. The summed E-state index contributed by atoms with van der Waals surface area (Å²) >= 11 is 0. The van der Waals surface area contributed by atoms with Crippen LogP contribution in [-0.4, -0.2) is 15.0 Å². The van der Waals surface area contributed by atoms with Gasteiger partial charge in [0.05, 0.1) is 0 Å². The van der Waals surface area contributed by atoms with Crippen molar-refractivity contribution in [3.05, 3.63) is 19.0 Å². The van der Waals surface area contributed by atoms with Gasteiger partial charge in [-0.1, -0.05) is 0 Å². The van der Waals surface area contributed by atoms with Crippen molar-refractivity contribution in [3.8, 4) is 0 Å². The van der Waals surface area contributed by atoms with E-state index >= 15 is 0 Å². The van der Waals surface area contributed by atoms with Crippen molar-refractivity contribution >= 4 is 0 Å². The van der Waals surface area contributed by atoms with Crippen molar-refractivity contribution < 1.29 is 19.5 Å². The normalized spacial score (nSPS) is 6.86. The molecule has 0 radical (unpaired) electrons. The van der Waals surface area contributed by atoms with Gasteiger partial charge in [-0.3, -0.25) is 0 Å². The Morgan fingerprint density at radius 2 is 1.00 bits per heavy atom. The van der Waals surface area contributed by atoms with Gasteiger partial charge in [0.25, 0.3) is 0 Å². The van der Waals surface area contributed by atoms with E-state index < -0.39 is 0 Å². The van der Waals surface area contributed by atoms with Gasteiger partial charge in [0, 0.05) is 19.5 Å². The minimum Gasteiger partial charge on any atom is -0.225 e. The smallest absolute Gasteiger partial charge is 0.119 e. The minimum atomic E-state index is 0. The molecule has 0 aliphatic rings. The van der Waals surface area contributed by atoms with Crippen LogP contribution < -0.4 is 0 Å². The number of hydrogen-bond acceptors (Lipinski definition) is 3. The Bertz CT molecular complexity index is 82.1. The average Bonchev–Trinajstić information content (AvgIpc) is 1.72. The zero-order chi connectivity index (χ0) is 4.24. The van der Waals surface area contributed by atoms with E-state index in [1.807, 2.05) is 0 Å². The third kappa shape index (κ3) is 2.34. The molecule has 1 aromatic rings. The summed E-state index contributed by atoms with van der Waals surface area (Å²) < 4.78 is 0. The fourth-order valence-electron chi connectivity index (χ4n) is 0.205. The molecule has 0 bridgehead atoms. The van der Waals surface area contributed by atoms with Crippen LogP contribution in [0.5, 0.6) is 0 Å². The van der Waals surface area contributed by atoms with E-state index in [4.69, 9.17) is 0 Å². The molecule has 38 valence electrons. The molecular formula is C3H3N3Ru. The summed E-state index contributed by atoms with van der Waals surface area (Å²) in [7, 11) is 0. The van der Waals surface area contributed by atoms with Crippen molar-refractivity contribution in [1.29, 1.82) is 0 Å². The van der Waals surface area contributed by atoms with Crippen LogP contribution in [0.25, 0.3) is 0 Å². The Labute approximate surface area is 54.0 Å². The molecule has 1 heterocycles. The van der Waals surface area contributed by atoms with Gasteiger partial charge in [0.1, 0.15) is 19.0 Å². The van der Waals surface area contributed by atoms with Crippen LogP contribution in [0.15, 0.2) is 19.0 Å². The fraction of sp³-hybridized carbons (Fsp3) is 0. The molecule has 0 spiro atoms. The van der Waals surface area contributed by atoms with Gasteiger partial charge in [-0.05, 0) is 0 Å². The van der Waals surface area contributed by atoms with Crippen molar-refractivity contribution in [1.82, 2.24) is 15.0 Å². The van der Waals surface area contributed by atoms with Gasteiger partial charge in [-0.2, -0.15) is 0 Å². The summed E-state index contributed by atoms with van der Waals surface area (Å²) in [5, 5.41) is 0. The molecule has 0 N–H and O–H groups in total. The van der Waals surface area contributed by atoms with Crippen LogP contribution in [0.2, 0.25) is 0 Å². The molecule has 0 atom stereocenters. The van der Waals surface area contributed by atoms with Crippen LogP contribution in [-0.2, 0) is 19.5 Å². The average molecular weight is 182 g/mol. The van der Waals surface area contributed by atoms with Crippen LogP contribution >= 0.6 is 0 Å². The van der Waals surface area contributed by atoms with Crippen LogP contribution in [0.1, 0.15) is 0 Å². The van der Waals surface area contributed by atoms with Gasteiger partial charge in [0.2, 0.25) is 0 Å². The van der Waals surface area contributed by atoms with E-state index in [1.165, 1.54) is 19.0 Å². The van der Waals surface area contributed by atoms with E-state index in [1.54, 1.807) is 0 Å². The maximum Gasteiger partial charge on any atom is 0.119 e. The van der Waals surface area contributed by atoms with Crippen LogP contribution in [0.3, 0.4) is 0 Å². The van der Waals surface area contributed by atoms with E-state index in [2.05, 4.69) is 15.0 Å². The Kier molecular flexibility index (Phi) is 3.61. The predicted molar refractivity (Wildman–Crippen MR) is 19.8 cm³/mol. The van der Waals surface area contributed by atoms with Crippen LogP contribution in [0.4, 0.5) is 0 Å². The molecule has 1 aromatic heterocycles. The van der Waals surface area contributed by atoms with Crippen molar-refractivity contribution in [2.75, 3.05) is 0 Å². The number of hydrogen-bond donors (Lipinski definition) is 0. The van der Waals surface area contributed by atoms with Crippen molar-refractivity contribution in [2.45, 2.75) is 0 Å². The zero-order valence-corrected chi connectivity index (χ0v) is 5.17. The molecule has 0 aromatic carbocycles. The number of aromatic nitrogens is 3.